The molecule has 0 unspecified atom stereocenters. The number of hydrogen-bond acceptors (Lipinski definition) is 5. The summed E-state index contributed by atoms with van der Waals surface area (Å²) in [7, 11) is 0. The molecule has 3 heterocycles. The number of carbonyl (C=O) groups is 1. The van der Waals surface area contributed by atoms with E-state index in [1.807, 2.05) is 65.3 Å². The number of ketones is 1. The molecule has 0 saturated carbocycles. The molecule has 6 heteroatoms. The first kappa shape index (κ1) is 41.2. The van der Waals surface area contributed by atoms with Crippen molar-refractivity contribution in [1.82, 2.24) is 4.98 Å². The molecule has 0 aliphatic carbocycles. The maximum absolute atomic E-state index is 12.2. The molecule has 3 aromatic carbocycles. The van der Waals surface area contributed by atoms with E-state index in [0.29, 0.717) is 0 Å². The number of aromatic nitrogens is 1. The Morgan fingerprint density at radius 1 is 0.885 bits per heavy atom. The fourth-order valence-electron chi connectivity index (χ4n) is 6.68. The summed E-state index contributed by atoms with van der Waals surface area (Å²) < 4.78 is 7.22. The van der Waals surface area contributed by atoms with E-state index in [2.05, 4.69) is 95.3 Å². The predicted molar refractivity (Wildman–Crippen MR) is 218 cm³/mol. The third kappa shape index (κ3) is 7.86. The van der Waals surface area contributed by atoms with Crippen molar-refractivity contribution in [1.29, 1.82) is 0 Å². The molecule has 52 heavy (non-hydrogen) atoms. The van der Waals surface area contributed by atoms with Gasteiger partial charge >= 0.3 is 0 Å². The first-order valence-electron chi connectivity index (χ1n) is 18.4. The number of aryl methyl sites for hydroxylation is 2. The number of pyridine rings is 1. The number of aliphatic hydroxyl groups excluding tert-OH is 1. The summed E-state index contributed by atoms with van der Waals surface area (Å²) in [6, 6.07) is 23.1. The molecule has 0 amide bonds. The largest absolute Gasteiger partial charge is 0.512 e. The van der Waals surface area contributed by atoms with Crippen LogP contribution in [0.2, 0.25) is 0 Å². The molecule has 0 saturated heterocycles. The molecule has 0 aliphatic rings. The first-order valence-corrected chi connectivity index (χ1v) is 19.2. The minimum atomic E-state index is -0.337. The Hall–Kier alpha value is -3.57. The van der Waals surface area contributed by atoms with E-state index in [4.69, 9.17) is 9.40 Å². The molecule has 3 aromatic heterocycles. The number of benzene rings is 3. The Morgan fingerprint density at radius 2 is 1.52 bits per heavy atom. The zero-order chi connectivity index (χ0) is 37.3. The molecule has 277 valence electrons. The molecule has 0 atom stereocenters. The van der Waals surface area contributed by atoms with Crippen molar-refractivity contribution < 1.29 is 34.4 Å². The van der Waals surface area contributed by atoms with Gasteiger partial charge in [-0.15, -0.1) is 40.5 Å². The Bertz CT molecular complexity index is 2220. The molecule has 1 N–H and O–H groups in total. The van der Waals surface area contributed by atoms with Crippen LogP contribution in [0, 0.1) is 30.7 Å². The number of furan rings is 1. The van der Waals surface area contributed by atoms with Crippen LogP contribution in [0.15, 0.2) is 83.3 Å². The van der Waals surface area contributed by atoms with Crippen LogP contribution in [-0.4, -0.2) is 15.9 Å². The number of carbonyl (C=O) groups excluding carboxylic acids is 1. The molecule has 6 aromatic rings. The topological polar surface area (TPSA) is 63.3 Å². The molecular weight excluding hydrogens is 839 g/mol. The Labute approximate surface area is 328 Å². The molecule has 6 rings (SSSR count). The SMILES string of the molecule is CCC(C)(CC)C(=O)/C=C(\O)C(C)(CC)CC.Cc1coc2c(-c3sc4ccnc(-c5[c-]c6ccccc6c(C(C)(C)C)c5)c4c3C)cccc12.[Ir]. The maximum atomic E-state index is 12.2. The van der Waals surface area contributed by atoms with Gasteiger partial charge in [-0.25, -0.2) is 0 Å². The average molecular weight is 893 g/mol. The van der Waals surface area contributed by atoms with Crippen molar-refractivity contribution in [2.45, 2.75) is 107 Å². The third-order valence-corrected chi connectivity index (χ3v) is 12.6. The average Bonchev–Trinajstić information content (AvgIpc) is 3.69. The summed E-state index contributed by atoms with van der Waals surface area (Å²) in [4.78, 5) is 18.3. The van der Waals surface area contributed by atoms with Crippen LogP contribution in [0.3, 0.4) is 0 Å². The van der Waals surface area contributed by atoms with E-state index in [1.165, 1.54) is 48.5 Å². The Kier molecular flexibility index (Phi) is 12.8. The van der Waals surface area contributed by atoms with Crippen molar-refractivity contribution in [3.63, 3.8) is 0 Å². The van der Waals surface area contributed by atoms with Crippen molar-refractivity contribution in [2.24, 2.45) is 10.8 Å². The summed E-state index contributed by atoms with van der Waals surface area (Å²) >= 11 is 1.81. The second-order valence-electron chi connectivity index (χ2n) is 15.5. The summed E-state index contributed by atoms with van der Waals surface area (Å²) in [6.45, 7) is 23.2. The monoisotopic (exact) mass is 893 g/mol. The number of thiophene rings is 1. The van der Waals surface area contributed by atoms with Gasteiger partial charge in [-0.05, 0) is 73.6 Å². The van der Waals surface area contributed by atoms with Gasteiger partial charge in [0.1, 0.15) is 11.3 Å². The van der Waals surface area contributed by atoms with E-state index in [9.17, 15) is 9.90 Å². The van der Waals surface area contributed by atoms with Crippen molar-refractivity contribution in [3.8, 4) is 21.7 Å². The first-order chi connectivity index (χ1) is 24.1. The Morgan fingerprint density at radius 3 is 2.15 bits per heavy atom. The van der Waals surface area contributed by atoms with Gasteiger partial charge in [0.2, 0.25) is 0 Å². The molecule has 0 bridgehead atoms. The van der Waals surface area contributed by atoms with Crippen LogP contribution >= 0.6 is 11.3 Å². The molecule has 0 aliphatic heterocycles. The fourth-order valence-corrected chi connectivity index (χ4v) is 7.91. The molecule has 1 radical (unpaired) electrons. The van der Waals surface area contributed by atoms with E-state index in [1.54, 1.807) is 0 Å². The molecule has 4 nitrogen and oxygen atoms in total. The van der Waals surface area contributed by atoms with Crippen LogP contribution in [0.25, 0.3) is 53.5 Å². The maximum Gasteiger partial charge on any atom is 0.164 e. The standard InChI is InChI=1S/C31H26NOS.C15H28O2.Ir/c1-18-17-33-29-22(18)11-8-12-24(29)30-19(2)27-26(34-30)13-14-32-28(27)21-15-20-9-6-7-10-23(20)25(16-21)31(3,4)5;1-7-14(5,8-2)12(16)11-13(17)15(6,9-3)10-4;/h6-14,16-17H,1-5H3;11,16H,7-10H2,1-6H3;/q-1;;/b;12-11-;. The Balaban J connectivity index is 0.000000289. The number of fused-ring (bicyclic) bond motifs is 3. The predicted octanol–water partition coefficient (Wildman–Crippen LogP) is 13.9. The zero-order valence-electron chi connectivity index (χ0n) is 32.7. The third-order valence-electron chi connectivity index (χ3n) is 11.3. The van der Waals surface area contributed by atoms with Gasteiger partial charge in [0.25, 0.3) is 0 Å². The quantitative estimate of drug-likeness (QED) is 0.0892. The van der Waals surface area contributed by atoms with Crippen LogP contribution < -0.4 is 0 Å². The molecule has 0 fully saturated rings. The van der Waals surface area contributed by atoms with Gasteiger partial charge in [0.05, 0.1) is 6.26 Å². The smallest absolute Gasteiger partial charge is 0.164 e. The second-order valence-corrected chi connectivity index (χ2v) is 16.6. The summed E-state index contributed by atoms with van der Waals surface area (Å²) in [5.41, 5.74) is 7.28. The number of rotatable bonds is 9. The van der Waals surface area contributed by atoms with Gasteiger partial charge < -0.3 is 9.52 Å². The second kappa shape index (κ2) is 16.2. The van der Waals surface area contributed by atoms with Crippen molar-refractivity contribution >= 4 is 48.9 Å². The van der Waals surface area contributed by atoms with E-state index >= 15 is 0 Å². The van der Waals surface area contributed by atoms with Crippen LogP contribution in [0.1, 0.15) is 105 Å². The number of hydrogen-bond donors (Lipinski definition) is 1. The summed E-state index contributed by atoms with van der Waals surface area (Å²) in [5, 5.41) is 14.9. The fraction of sp³-hybridized carbons (Fsp3) is 0.391. The number of aliphatic hydroxyl groups is 1. The van der Waals surface area contributed by atoms with Crippen LogP contribution in [0.4, 0.5) is 0 Å². The van der Waals surface area contributed by atoms with Crippen LogP contribution in [-0.2, 0) is 30.3 Å². The van der Waals surface area contributed by atoms with Gasteiger partial charge in [0.15, 0.2) is 5.78 Å². The van der Waals surface area contributed by atoms with Gasteiger partial charge in [-0.1, -0.05) is 104 Å². The number of para-hydroxylation sites is 1. The van der Waals surface area contributed by atoms with Crippen LogP contribution in [0.5, 0.6) is 0 Å². The molecule has 0 spiro atoms. The number of nitrogens with zero attached hydrogens (tertiary/aromatic N) is 1. The number of allylic oxidation sites excluding steroid dienone is 2. The minimum Gasteiger partial charge on any atom is -0.512 e. The minimum absolute atomic E-state index is 0. The van der Waals surface area contributed by atoms with E-state index in [0.717, 1.165) is 53.5 Å². The van der Waals surface area contributed by atoms with Gasteiger partial charge in [-0.2, -0.15) is 0 Å². The van der Waals surface area contributed by atoms with E-state index in [-0.39, 0.29) is 47.9 Å². The van der Waals surface area contributed by atoms with Crippen molar-refractivity contribution in [2.75, 3.05) is 0 Å². The van der Waals surface area contributed by atoms with Gasteiger partial charge in [-0.3, -0.25) is 9.78 Å². The van der Waals surface area contributed by atoms with Crippen molar-refractivity contribution in [3.05, 3.63) is 102 Å². The zero-order valence-corrected chi connectivity index (χ0v) is 35.9. The normalized spacial score (nSPS) is 12.6. The summed E-state index contributed by atoms with van der Waals surface area (Å²) in [5.74, 6) is 0.286. The summed E-state index contributed by atoms with van der Waals surface area (Å²) in [6.07, 6.45) is 8.53. The molecular formula is C46H54IrNO3S-. The van der Waals surface area contributed by atoms with Gasteiger partial charge in [0, 0.05) is 69.4 Å². The van der Waals surface area contributed by atoms with E-state index < -0.39 is 0 Å².